The number of hydrogen-bond donors (Lipinski definition) is 1. The Kier molecular flexibility index (Phi) is 10.3. The fourth-order valence-corrected chi connectivity index (χ4v) is 6.57. The molecular formula is C31H35Cl2N3O4S. The van der Waals surface area contributed by atoms with E-state index in [0.29, 0.717) is 0 Å². The van der Waals surface area contributed by atoms with E-state index in [1.807, 2.05) is 61.5 Å². The zero-order valence-electron chi connectivity index (χ0n) is 23.2. The highest BCUT2D eigenvalue weighted by Crippen LogP contribution is 2.28. The minimum atomic E-state index is -3.92. The second-order valence-corrected chi connectivity index (χ2v) is 13.4. The number of sulfonamides is 1. The van der Waals surface area contributed by atoms with Gasteiger partial charge in [-0.2, -0.15) is 0 Å². The Balaban J connectivity index is 1.74. The van der Waals surface area contributed by atoms with Gasteiger partial charge in [-0.1, -0.05) is 96.2 Å². The number of rotatable bonds is 11. The van der Waals surface area contributed by atoms with Gasteiger partial charge in [0, 0.05) is 29.1 Å². The summed E-state index contributed by atoms with van der Waals surface area (Å²) in [6.07, 6.45) is 5.19. The fraction of sp³-hybridized carbons (Fsp3) is 0.355. The lowest BCUT2D eigenvalue weighted by Gasteiger charge is -2.34. The molecule has 1 aliphatic carbocycles. The molecule has 3 aromatic rings. The molecule has 10 heteroatoms. The Morgan fingerprint density at radius 2 is 1.56 bits per heavy atom. The summed E-state index contributed by atoms with van der Waals surface area (Å²) in [4.78, 5) is 29.6. The number of benzene rings is 3. The van der Waals surface area contributed by atoms with Gasteiger partial charge in [0.25, 0.3) is 0 Å². The van der Waals surface area contributed by atoms with E-state index < -0.39 is 28.5 Å². The third kappa shape index (κ3) is 8.71. The first kappa shape index (κ1) is 30.9. The highest BCUT2D eigenvalue weighted by molar-refractivity contribution is 7.92. The first-order chi connectivity index (χ1) is 19.5. The molecule has 1 atom stereocenters. The third-order valence-corrected chi connectivity index (χ3v) is 8.80. The first-order valence-electron chi connectivity index (χ1n) is 13.6. The summed E-state index contributed by atoms with van der Waals surface area (Å²) < 4.78 is 26.8. The van der Waals surface area contributed by atoms with Gasteiger partial charge >= 0.3 is 0 Å². The van der Waals surface area contributed by atoms with Crippen molar-refractivity contribution >= 4 is 50.7 Å². The molecule has 0 aliphatic heterocycles. The van der Waals surface area contributed by atoms with Crippen LogP contribution in [-0.2, 0) is 32.6 Å². The molecule has 1 fully saturated rings. The number of carbonyl (C=O) groups excluding carboxylic acids is 2. The molecule has 0 aromatic heterocycles. The molecule has 1 saturated carbocycles. The number of nitrogens with zero attached hydrogens (tertiary/aromatic N) is 2. The van der Waals surface area contributed by atoms with Gasteiger partial charge in [0.15, 0.2) is 0 Å². The van der Waals surface area contributed by atoms with Crippen LogP contribution in [0.2, 0.25) is 10.0 Å². The van der Waals surface area contributed by atoms with Crippen molar-refractivity contribution in [3.63, 3.8) is 0 Å². The Morgan fingerprint density at radius 1 is 0.927 bits per heavy atom. The van der Waals surface area contributed by atoms with Crippen molar-refractivity contribution in [3.8, 4) is 0 Å². The zero-order valence-corrected chi connectivity index (χ0v) is 25.6. The summed E-state index contributed by atoms with van der Waals surface area (Å²) in [6.45, 7) is 1.56. The molecule has 1 aliphatic rings. The lowest BCUT2D eigenvalue weighted by atomic mass is 10.0. The van der Waals surface area contributed by atoms with E-state index >= 15 is 0 Å². The van der Waals surface area contributed by atoms with Gasteiger partial charge in [-0.3, -0.25) is 13.9 Å². The van der Waals surface area contributed by atoms with Crippen LogP contribution in [0.3, 0.4) is 0 Å². The Morgan fingerprint density at radius 3 is 2.17 bits per heavy atom. The van der Waals surface area contributed by atoms with Crippen LogP contribution in [0.4, 0.5) is 5.69 Å². The normalized spacial score (nSPS) is 14.4. The third-order valence-electron chi connectivity index (χ3n) is 7.22. The van der Waals surface area contributed by atoms with E-state index in [-0.39, 0.29) is 40.6 Å². The van der Waals surface area contributed by atoms with Crippen molar-refractivity contribution in [2.45, 2.75) is 57.7 Å². The molecule has 4 rings (SSSR count). The molecule has 0 heterocycles. The van der Waals surface area contributed by atoms with Crippen LogP contribution in [-0.4, -0.2) is 50.0 Å². The van der Waals surface area contributed by atoms with Gasteiger partial charge in [0.1, 0.15) is 12.6 Å². The van der Waals surface area contributed by atoms with E-state index in [0.717, 1.165) is 52.9 Å². The maximum Gasteiger partial charge on any atom is 0.244 e. The second-order valence-electron chi connectivity index (χ2n) is 10.6. The maximum atomic E-state index is 14.2. The maximum absolute atomic E-state index is 14.2. The minimum Gasteiger partial charge on any atom is -0.352 e. The summed E-state index contributed by atoms with van der Waals surface area (Å²) in [5.41, 5.74) is 2.91. The average Bonchev–Trinajstić information content (AvgIpc) is 3.41. The van der Waals surface area contributed by atoms with Gasteiger partial charge in [0.05, 0.1) is 11.9 Å². The molecule has 218 valence electrons. The summed E-state index contributed by atoms with van der Waals surface area (Å²) in [7, 11) is -3.92. The smallest absolute Gasteiger partial charge is 0.244 e. The van der Waals surface area contributed by atoms with Crippen LogP contribution in [0.25, 0.3) is 0 Å². The Hall–Kier alpha value is -3.07. The van der Waals surface area contributed by atoms with Gasteiger partial charge in [-0.25, -0.2) is 8.42 Å². The number of aryl methyl sites for hydroxylation is 1. The van der Waals surface area contributed by atoms with E-state index in [2.05, 4.69) is 5.32 Å². The molecule has 0 unspecified atom stereocenters. The molecule has 0 radical (unpaired) electrons. The molecule has 2 amide bonds. The van der Waals surface area contributed by atoms with Crippen molar-refractivity contribution < 1.29 is 18.0 Å². The Bertz CT molecular complexity index is 1460. The predicted molar refractivity (Wildman–Crippen MR) is 165 cm³/mol. The van der Waals surface area contributed by atoms with Crippen LogP contribution in [0.5, 0.6) is 0 Å². The molecule has 41 heavy (non-hydrogen) atoms. The van der Waals surface area contributed by atoms with E-state index in [1.165, 1.54) is 23.1 Å². The quantitative estimate of drug-likeness (QED) is 0.297. The Labute approximate surface area is 252 Å². The molecule has 0 spiro atoms. The van der Waals surface area contributed by atoms with Crippen LogP contribution in [0.1, 0.15) is 42.4 Å². The fourth-order valence-electron chi connectivity index (χ4n) is 5.23. The number of amides is 2. The number of halogens is 2. The standard InChI is InChI=1S/C31H35Cl2N3O4S/c1-22-9-8-12-24(15-22)20-35(30(37)21-36(41(2,39)40)28-18-25(32)17-26(33)19-28)29(16-23-10-4-3-5-11-23)31(38)34-27-13-6-7-14-27/h3-5,8-12,15,17-19,27,29H,6-7,13-14,16,20-21H2,1-2H3,(H,34,38)/t29-/m1/s1. The van der Waals surface area contributed by atoms with Crippen molar-refractivity contribution in [1.82, 2.24) is 10.2 Å². The average molecular weight is 617 g/mol. The second kappa shape index (κ2) is 13.7. The van der Waals surface area contributed by atoms with Crippen LogP contribution in [0, 0.1) is 6.92 Å². The van der Waals surface area contributed by atoms with E-state index in [4.69, 9.17) is 23.2 Å². The molecule has 3 aromatic carbocycles. The SMILES string of the molecule is Cc1cccc(CN(C(=O)CN(c2cc(Cl)cc(Cl)c2)S(C)(=O)=O)[C@H](Cc2ccccc2)C(=O)NC2CCCC2)c1. The topological polar surface area (TPSA) is 86.8 Å². The predicted octanol–water partition coefficient (Wildman–Crippen LogP) is 5.77. The van der Waals surface area contributed by atoms with Crippen molar-refractivity contribution in [2.24, 2.45) is 0 Å². The molecule has 1 N–H and O–H groups in total. The monoisotopic (exact) mass is 615 g/mol. The molecular weight excluding hydrogens is 581 g/mol. The zero-order chi connectivity index (χ0) is 29.6. The van der Waals surface area contributed by atoms with Gasteiger partial charge in [0.2, 0.25) is 21.8 Å². The van der Waals surface area contributed by atoms with Crippen molar-refractivity contribution in [1.29, 1.82) is 0 Å². The van der Waals surface area contributed by atoms with Gasteiger partial charge < -0.3 is 10.2 Å². The number of nitrogens with one attached hydrogen (secondary N) is 1. The van der Waals surface area contributed by atoms with Crippen LogP contribution < -0.4 is 9.62 Å². The minimum absolute atomic E-state index is 0.0535. The van der Waals surface area contributed by atoms with Crippen LogP contribution >= 0.6 is 23.2 Å². The molecule has 7 nitrogen and oxygen atoms in total. The summed E-state index contributed by atoms with van der Waals surface area (Å²) in [5, 5.41) is 3.64. The number of carbonyl (C=O) groups is 2. The van der Waals surface area contributed by atoms with Gasteiger partial charge in [-0.15, -0.1) is 0 Å². The number of anilines is 1. The highest BCUT2D eigenvalue weighted by Gasteiger charge is 2.34. The van der Waals surface area contributed by atoms with Gasteiger partial charge in [-0.05, 0) is 49.1 Å². The highest BCUT2D eigenvalue weighted by atomic mass is 35.5. The summed E-state index contributed by atoms with van der Waals surface area (Å²) in [6, 6.07) is 20.8. The molecule has 0 saturated heterocycles. The largest absolute Gasteiger partial charge is 0.352 e. The molecule has 0 bridgehead atoms. The van der Waals surface area contributed by atoms with Crippen molar-refractivity contribution in [2.75, 3.05) is 17.1 Å². The van der Waals surface area contributed by atoms with E-state index in [1.54, 1.807) is 0 Å². The van der Waals surface area contributed by atoms with E-state index in [9.17, 15) is 18.0 Å². The van der Waals surface area contributed by atoms with Crippen LogP contribution in [0.15, 0.2) is 72.8 Å². The van der Waals surface area contributed by atoms with Crippen molar-refractivity contribution in [3.05, 3.63) is 99.5 Å². The lowest BCUT2D eigenvalue weighted by Crippen LogP contribution is -2.54. The number of hydrogen-bond acceptors (Lipinski definition) is 4. The summed E-state index contributed by atoms with van der Waals surface area (Å²) in [5.74, 6) is -0.769. The lowest BCUT2D eigenvalue weighted by molar-refractivity contribution is -0.140. The first-order valence-corrected chi connectivity index (χ1v) is 16.2. The summed E-state index contributed by atoms with van der Waals surface area (Å²) >= 11 is 12.3.